The monoisotopic (exact) mass is 1350 g/mol. The molecule has 0 aromatic heterocycles. The summed E-state index contributed by atoms with van der Waals surface area (Å²) in [6.45, 7) is 3.67. The molecule has 0 fully saturated rings. The molecule has 0 spiro atoms. The number of phosphoric ester groups is 1. The summed E-state index contributed by atoms with van der Waals surface area (Å²) < 4.78 is 33.3. The molecule has 0 aliphatic carbocycles. The van der Waals surface area contributed by atoms with E-state index in [1.54, 1.807) is 0 Å². The quantitative estimate of drug-likeness (QED) is 0.0264. The van der Waals surface area contributed by atoms with Gasteiger partial charge in [-0.25, -0.2) is 4.57 Å². The van der Waals surface area contributed by atoms with Crippen molar-refractivity contribution in [3.63, 3.8) is 0 Å². The zero-order valence-electron chi connectivity index (χ0n) is 62.1. The maximum Gasteiger partial charge on any atom is 0.472 e. The summed E-state index contributed by atoms with van der Waals surface area (Å²) in [5, 5.41) is 0. The first-order valence-electron chi connectivity index (χ1n) is 40.4. The highest BCUT2D eigenvalue weighted by Gasteiger charge is 2.26. The molecule has 0 amide bonds. The van der Waals surface area contributed by atoms with E-state index in [0.717, 1.165) is 96.3 Å². The van der Waals surface area contributed by atoms with Gasteiger partial charge in [0.2, 0.25) is 0 Å². The van der Waals surface area contributed by atoms with Crippen LogP contribution in [0.15, 0.2) is 109 Å². The largest absolute Gasteiger partial charge is 0.472 e. The number of rotatable bonds is 76. The van der Waals surface area contributed by atoms with Gasteiger partial charge >= 0.3 is 19.8 Å². The van der Waals surface area contributed by atoms with Crippen LogP contribution in [0, 0.1) is 0 Å². The molecule has 0 radical (unpaired) electrons. The summed E-state index contributed by atoms with van der Waals surface area (Å²) in [6, 6.07) is 0. The second-order valence-electron chi connectivity index (χ2n) is 26.9. The average Bonchev–Trinajstić information content (AvgIpc) is 3.32. The van der Waals surface area contributed by atoms with Crippen molar-refractivity contribution in [3.05, 3.63) is 109 Å². The number of hydrogen-bond donors (Lipinski definition) is 2. The van der Waals surface area contributed by atoms with Crippen LogP contribution in [0.5, 0.6) is 0 Å². The maximum atomic E-state index is 12.8. The lowest BCUT2D eigenvalue weighted by atomic mass is 10.0. The van der Waals surface area contributed by atoms with Crippen LogP contribution in [0.25, 0.3) is 0 Å². The summed E-state index contributed by atoms with van der Waals surface area (Å²) in [5.74, 6) is -0.821. The molecule has 9 nitrogen and oxygen atoms in total. The highest BCUT2D eigenvalue weighted by atomic mass is 31.2. The molecule has 2 atom stereocenters. The van der Waals surface area contributed by atoms with Crippen molar-refractivity contribution >= 4 is 19.8 Å². The van der Waals surface area contributed by atoms with Gasteiger partial charge in [-0.3, -0.25) is 18.6 Å². The van der Waals surface area contributed by atoms with Crippen molar-refractivity contribution in [1.82, 2.24) is 0 Å². The molecule has 0 bridgehead atoms. The summed E-state index contributed by atoms with van der Waals surface area (Å²) in [4.78, 5) is 35.5. The number of ether oxygens (including phenoxy) is 2. The first-order valence-corrected chi connectivity index (χ1v) is 41.9. The first kappa shape index (κ1) is 91.7. The molecule has 550 valence electrons. The second kappa shape index (κ2) is 79.7. The smallest absolute Gasteiger partial charge is 0.462 e. The van der Waals surface area contributed by atoms with E-state index in [1.807, 2.05) is 0 Å². The number of unbranched alkanes of at least 4 members (excludes halogenated alkanes) is 45. The van der Waals surface area contributed by atoms with Crippen LogP contribution in [-0.4, -0.2) is 49.3 Å². The molecule has 10 heteroatoms. The summed E-state index contributed by atoms with van der Waals surface area (Å²) in [6.07, 6.45) is 111. The van der Waals surface area contributed by atoms with Gasteiger partial charge in [0.25, 0.3) is 0 Å². The predicted octanol–water partition coefficient (Wildman–Crippen LogP) is 27.2. The van der Waals surface area contributed by atoms with Crippen molar-refractivity contribution in [2.75, 3.05) is 26.4 Å². The molecule has 0 aliphatic rings. The Hall–Kier alpha value is -3.33. The van der Waals surface area contributed by atoms with Crippen LogP contribution in [0.1, 0.15) is 386 Å². The Balaban J connectivity index is 3.81. The van der Waals surface area contributed by atoms with Crippen molar-refractivity contribution in [1.29, 1.82) is 0 Å². The fourth-order valence-corrected chi connectivity index (χ4v) is 12.5. The Labute approximate surface area is 588 Å². The van der Waals surface area contributed by atoms with Crippen molar-refractivity contribution in [2.45, 2.75) is 392 Å². The van der Waals surface area contributed by atoms with E-state index in [-0.39, 0.29) is 38.6 Å². The van der Waals surface area contributed by atoms with Gasteiger partial charge in [0.1, 0.15) is 6.61 Å². The summed E-state index contributed by atoms with van der Waals surface area (Å²) >= 11 is 0. The van der Waals surface area contributed by atoms with Gasteiger partial charge in [-0.15, -0.1) is 0 Å². The molecule has 0 saturated heterocycles. The zero-order chi connectivity index (χ0) is 68.6. The van der Waals surface area contributed by atoms with E-state index in [1.165, 1.54) is 257 Å². The SMILES string of the molecule is CC/C=C\C/C=C\C/C=C\C/C=C\C/C=C\C/C=C\C/C=C\C/C=C\CCCCCCCCCCCCC(=O)OC(COC(=O)CCCCCCCCCCCCCCCCCCCCCCCCCCCCC/C=C\CCCCCCCCCC)COP(=O)(O)OCCN. The molecule has 0 aromatic rings. The Morgan fingerprint density at radius 1 is 0.326 bits per heavy atom. The Bertz CT molecular complexity index is 1930. The van der Waals surface area contributed by atoms with E-state index in [2.05, 4.69) is 123 Å². The van der Waals surface area contributed by atoms with E-state index < -0.39 is 26.5 Å². The number of hydrogen-bond acceptors (Lipinski definition) is 8. The van der Waals surface area contributed by atoms with Crippen molar-refractivity contribution in [2.24, 2.45) is 5.73 Å². The molecule has 0 aromatic carbocycles. The number of nitrogens with two attached hydrogens (primary N) is 1. The summed E-state index contributed by atoms with van der Waals surface area (Å²) in [7, 11) is -4.40. The van der Waals surface area contributed by atoms with Gasteiger partial charge in [0.15, 0.2) is 6.10 Å². The molecule has 0 rings (SSSR count). The Morgan fingerprint density at radius 3 is 0.874 bits per heavy atom. The van der Waals surface area contributed by atoms with Crippen molar-refractivity contribution in [3.8, 4) is 0 Å². The van der Waals surface area contributed by atoms with Crippen LogP contribution in [0.4, 0.5) is 0 Å². The molecule has 95 heavy (non-hydrogen) atoms. The number of phosphoric acid groups is 1. The number of esters is 2. The second-order valence-corrected chi connectivity index (χ2v) is 28.4. The van der Waals surface area contributed by atoms with Gasteiger partial charge in [0.05, 0.1) is 13.2 Å². The minimum Gasteiger partial charge on any atom is -0.462 e. The lowest BCUT2D eigenvalue weighted by Gasteiger charge is -2.19. The van der Waals surface area contributed by atoms with Crippen LogP contribution in [-0.2, 0) is 32.7 Å². The summed E-state index contributed by atoms with van der Waals surface area (Å²) in [5.41, 5.74) is 5.41. The molecule has 0 heterocycles. The standard InChI is InChI=1S/C85H152NO8P/c1-3-5-7-9-11-13-15-17-19-21-23-25-27-29-31-33-35-37-39-40-41-42-44-45-47-49-51-53-55-57-59-61-63-65-67-69-71-73-75-77-84(87)91-81-83(82-93-95(89,90)92-80-79-86)94-85(88)78-76-74-72-70-68-66-64-62-60-58-56-54-52-50-48-46-43-38-36-34-32-30-28-26-24-22-20-18-16-14-12-10-8-6-4-2/h6,8,12,14,18,20-21,23-24,26,30,32,36,38,46,48,52,54,83H,3-5,7,9-11,13,15-17,19,22,25,27-29,31,33-35,37,39-45,47,49-51,53,55-82,86H2,1-2H3,(H,89,90)/b8-6-,14-12-,20-18-,23-21-,26-24-,32-30-,38-36-,48-46-,54-52-. The first-order chi connectivity index (χ1) is 46.8. The highest BCUT2D eigenvalue weighted by molar-refractivity contribution is 7.47. The molecular formula is C85H152NO8P. The lowest BCUT2D eigenvalue weighted by molar-refractivity contribution is -0.161. The number of allylic oxidation sites excluding steroid dienone is 18. The minimum absolute atomic E-state index is 0.0500. The Kier molecular flexibility index (Phi) is 76.9. The molecule has 0 aliphatic heterocycles. The molecule has 0 saturated carbocycles. The Morgan fingerprint density at radius 2 is 0.579 bits per heavy atom. The molecule has 2 unspecified atom stereocenters. The highest BCUT2D eigenvalue weighted by Crippen LogP contribution is 2.43. The number of carbonyl (C=O) groups excluding carboxylic acids is 2. The molecular weight excluding hydrogens is 1190 g/mol. The van der Waals surface area contributed by atoms with Crippen LogP contribution >= 0.6 is 7.82 Å². The van der Waals surface area contributed by atoms with Crippen LogP contribution in [0.2, 0.25) is 0 Å². The normalized spacial score (nSPS) is 13.4. The lowest BCUT2D eigenvalue weighted by Crippen LogP contribution is -2.29. The fraction of sp³-hybridized carbons (Fsp3) is 0.765. The van der Waals surface area contributed by atoms with Gasteiger partial charge in [-0.2, -0.15) is 0 Å². The number of carbonyl (C=O) groups is 2. The third-order valence-electron chi connectivity index (χ3n) is 17.6. The van der Waals surface area contributed by atoms with Gasteiger partial charge in [-0.1, -0.05) is 380 Å². The topological polar surface area (TPSA) is 134 Å². The van der Waals surface area contributed by atoms with E-state index in [9.17, 15) is 19.0 Å². The zero-order valence-corrected chi connectivity index (χ0v) is 63.0. The minimum atomic E-state index is -4.40. The van der Waals surface area contributed by atoms with Gasteiger partial charge in [0, 0.05) is 19.4 Å². The third-order valence-corrected chi connectivity index (χ3v) is 18.6. The van der Waals surface area contributed by atoms with Gasteiger partial charge < -0.3 is 20.1 Å². The fourth-order valence-electron chi connectivity index (χ4n) is 11.7. The van der Waals surface area contributed by atoms with Crippen LogP contribution in [0.3, 0.4) is 0 Å². The third kappa shape index (κ3) is 79.5. The van der Waals surface area contributed by atoms with E-state index in [4.69, 9.17) is 24.3 Å². The molecule has 3 N–H and O–H groups in total. The van der Waals surface area contributed by atoms with Crippen LogP contribution < -0.4 is 5.73 Å². The van der Waals surface area contributed by atoms with E-state index in [0.29, 0.717) is 6.42 Å². The maximum absolute atomic E-state index is 12.8. The van der Waals surface area contributed by atoms with E-state index >= 15 is 0 Å². The average molecular weight is 1350 g/mol. The predicted molar refractivity (Wildman–Crippen MR) is 413 cm³/mol. The van der Waals surface area contributed by atoms with Gasteiger partial charge in [-0.05, 0) is 103 Å². The van der Waals surface area contributed by atoms with Crippen molar-refractivity contribution < 1.29 is 37.6 Å².